The molecular formula is C33H25F9O2. The number of halogens is 9. The number of aryl methyl sites for hydroxylation is 3. The Kier molecular flexibility index (Phi) is 10.3. The highest BCUT2D eigenvalue weighted by molar-refractivity contribution is 5.65. The van der Waals surface area contributed by atoms with E-state index >= 15 is 0 Å². The number of alkyl halides is 4. The first kappa shape index (κ1) is 32.5. The van der Waals surface area contributed by atoms with Crippen molar-refractivity contribution in [1.29, 1.82) is 0 Å². The van der Waals surface area contributed by atoms with Gasteiger partial charge in [0.05, 0.1) is 6.26 Å². The molecule has 0 atom stereocenters. The zero-order valence-corrected chi connectivity index (χ0v) is 23.1. The average molecular weight is 625 g/mol. The van der Waals surface area contributed by atoms with E-state index < -0.39 is 58.7 Å². The zero-order valence-electron chi connectivity index (χ0n) is 23.1. The zero-order chi connectivity index (χ0) is 32.0. The highest BCUT2D eigenvalue weighted by atomic mass is 19.3. The quantitative estimate of drug-likeness (QED) is 0.115. The lowest BCUT2D eigenvalue weighted by Gasteiger charge is -2.20. The van der Waals surface area contributed by atoms with Crippen LogP contribution in [-0.4, -0.2) is 6.43 Å². The molecule has 0 aromatic heterocycles. The summed E-state index contributed by atoms with van der Waals surface area (Å²) < 4.78 is 136. The molecule has 0 saturated heterocycles. The molecule has 232 valence electrons. The van der Waals surface area contributed by atoms with Gasteiger partial charge in [-0.25, -0.2) is 30.7 Å². The number of benzene rings is 4. The Labute approximate surface area is 247 Å². The summed E-state index contributed by atoms with van der Waals surface area (Å²) in [5.74, 6) is -10.1. The lowest BCUT2D eigenvalue weighted by Crippen LogP contribution is -2.25. The second-order valence-corrected chi connectivity index (χ2v) is 9.81. The molecule has 0 bridgehead atoms. The van der Waals surface area contributed by atoms with Gasteiger partial charge in [-0.05, 0) is 59.7 Å². The van der Waals surface area contributed by atoms with Crippen molar-refractivity contribution in [1.82, 2.24) is 0 Å². The number of ether oxygens (including phenoxy) is 2. The molecule has 0 N–H and O–H groups in total. The van der Waals surface area contributed by atoms with Gasteiger partial charge in [-0.2, -0.15) is 8.78 Å². The average Bonchev–Trinajstić information content (AvgIpc) is 2.93. The Morgan fingerprint density at radius 2 is 1.23 bits per heavy atom. The lowest BCUT2D eigenvalue weighted by atomic mass is 9.98. The topological polar surface area (TPSA) is 18.5 Å². The molecule has 2 nitrogen and oxygen atoms in total. The van der Waals surface area contributed by atoms with Gasteiger partial charge in [0.1, 0.15) is 28.8 Å². The van der Waals surface area contributed by atoms with Crippen molar-refractivity contribution >= 4 is 0 Å². The van der Waals surface area contributed by atoms with Crippen LogP contribution in [0.25, 0.3) is 11.1 Å². The summed E-state index contributed by atoms with van der Waals surface area (Å²) >= 11 is 0. The van der Waals surface area contributed by atoms with Crippen molar-refractivity contribution in [3.05, 3.63) is 130 Å². The number of allylic oxidation sites excluding steroid dienone is 1. The molecule has 0 unspecified atom stereocenters. The molecular weight excluding hydrogens is 599 g/mol. The molecule has 11 heteroatoms. The van der Waals surface area contributed by atoms with E-state index in [9.17, 15) is 39.5 Å². The normalized spacial score (nSPS) is 11.9. The van der Waals surface area contributed by atoms with Gasteiger partial charge in [-0.3, -0.25) is 0 Å². The maximum atomic E-state index is 15.0. The molecule has 0 fully saturated rings. The van der Waals surface area contributed by atoms with Crippen molar-refractivity contribution in [2.75, 3.05) is 0 Å². The fourth-order valence-electron chi connectivity index (χ4n) is 4.48. The van der Waals surface area contributed by atoms with Gasteiger partial charge in [0, 0.05) is 23.8 Å². The third-order valence-corrected chi connectivity index (χ3v) is 6.57. The van der Waals surface area contributed by atoms with Crippen LogP contribution in [0.15, 0.2) is 79.1 Å². The predicted molar refractivity (Wildman–Crippen MR) is 146 cm³/mol. The predicted octanol–water partition coefficient (Wildman–Crippen LogP) is 10.1. The standard InChI is InChI=1S/C33H25F9O2/c1-2-3-19-4-6-20(7-5-19)8-9-21-10-11-24(25(34)14-21)22-15-26(35)31(27(36)16-22)33(41,42)44-23-17-28(37)32(29(38)18-23)43-13-12-30(39)40/h4-7,10-18,30H,2-3,8-9H2,1H3. The molecule has 0 amide bonds. The van der Waals surface area contributed by atoms with E-state index in [0.717, 1.165) is 18.4 Å². The van der Waals surface area contributed by atoms with Crippen molar-refractivity contribution in [3.8, 4) is 22.6 Å². The fraction of sp³-hybridized carbons (Fsp3) is 0.212. The number of hydrogen-bond donors (Lipinski definition) is 0. The van der Waals surface area contributed by atoms with E-state index in [0.29, 0.717) is 30.5 Å². The Bertz CT molecular complexity index is 1590. The third kappa shape index (κ3) is 7.94. The Morgan fingerprint density at radius 3 is 1.77 bits per heavy atom. The van der Waals surface area contributed by atoms with Gasteiger partial charge >= 0.3 is 6.11 Å². The molecule has 0 saturated carbocycles. The maximum Gasteiger partial charge on any atom is 0.432 e. The van der Waals surface area contributed by atoms with Gasteiger partial charge in [-0.1, -0.05) is 49.7 Å². The summed E-state index contributed by atoms with van der Waals surface area (Å²) in [6.07, 6.45) is -4.21. The maximum absolute atomic E-state index is 15.0. The summed E-state index contributed by atoms with van der Waals surface area (Å²) in [5, 5.41) is 0. The third-order valence-electron chi connectivity index (χ3n) is 6.57. The van der Waals surface area contributed by atoms with Gasteiger partial charge in [0.25, 0.3) is 6.43 Å². The van der Waals surface area contributed by atoms with Crippen LogP contribution >= 0.6 is 0 Å². The van der Waals surface area contributed by atoms with Crippen LogP contribution in [0, 0.1) is 29.1 Å². The molecule has 4 aromatic carbocycles. The summed E-state index contributed by atoms with van der Waals surface area (Å²) in [4.78, 5) is 0. The molecule has 44 heavy (non-hydrogen) atoms. The highest BCUT2D eigenvalue weighted by Crippen LogP contribution is 2.39. The van der Waals surface area contributed by atoms with Crippen LogP contribution in [-0.2, 0) is 25.4 Å². The second-order valence-electron chi connectivity index (χ2n) is 9.81. The second kappa shape index (κ2) is 13.9. The summed E-state index contributed by atoms with van der Waals surface area (Å²) in [6, 6.07) is 13.5. The van der Waals surface area contributed by atoms with E-state index in [1.807, 2.05) is 24.3 Å². The summed E-state index contributed by atoms with van der Waals surface area (Å²) in [6.45, 7) is 2.09. The largest absolute Gasteiger partial charge is 0.459 e. The van der Waals surface area contributed by atoms with Crippen LogP contribution in [0.4, 0.5) is 39.5 Å². The minimum absolute atomic E-state index is 0.168. The van der Waals surface area contributed by atoms with Crippen molar-refractivity contribution in [3.63, 3.8) is 0 Å². The molecule has 0 aliphatic heterocycles. The molecule has 0 aliphatic rings. The first-order valence-electron chi connectivity index (χ1n) is 13.4. The van der Waals surface area contributed by atoms with E-state index in [1.165, 1.54) is 17.7 Å². The monoisotopic (exact) mass is 624 g/mol. The first-order chi connectivity index (χ1) is 20.9. The molecule has 4 rings (SSSR count). The molecule has 0 aliphatic carbocycles. The number of hydrogen-bond acceptors (Lipinski definition) is 2. The van der Waals surface area contributed by atoms with Gasteiger partial charge in [-0.15, -0.1) is 0 Å². The Morgan fingerprint density at radius 1 is 0.682 bits per heavy atom. The minimum Gasteiger partial charge on any atom is -0.459 e. The van der Waals surface area contributed by atoms with Crippen LogP contribution in [0.1, 0.15) is 35.6 Å². The van der Waals surface area contributed by atoms with Crippen LogP contribution in [0.5, 0.6) is 11.5 Å². The Hall–Kier alpha value is -4.41. The van der Waals surface area contributed by atoms with Crippen molar-refractivity contribution < 1.29 is 49.0 Å². The van der Waals surface area contributed by atoms with Crippen LogP contribution < -0.4 is 9.47 Å². The van der Waals surface area contributed by atoms with Crippen molar-refractivity contribution in [2.24, 2.45) is 0 Å². The van der Waals surface area contributed by atoms with Gasteiger partial charge in [0.15, 0.2) is 17.4 Å². The van der Waals surface area contributed by atoms with Crippen molar-refractivity contribution in [2.45, 2.75) is 45.1 Å². The van der Waals surface area contributed by atoms with E-state index in [2.05, 4.69) is 16.4 Å². The number of rotatable bonds is 12. The van der Waals surface area contributed by atoms with E-state index in [-0.39, 0.29) is 35.6 Å². The molecule has 0 radical (unpaired) electrons. The molecule has 4 aromatic rings. The summed E-state index contributed by atoms with van der Waals surface area (Å²) in [5.41, 5.74) is 0.381. The fourth-order valence-corrected chi connectivity index (χ4v) is 4.48. The van der Waals surface area contributed by atoms with E-state index in [1.54, 1.807) is 6.07 Å². The van der Waals surface area contributed by atoms with Gasteiger partial charge in [0.2, 0.25) is 0 Å². The van der Waals surface area contributed by atoms with E-state index in [4.69, 9.17) is 0 Å². The van der Waals surface area contributed by atoms with Crippen LogP contribution in [0.2, 0.25) is 0 Å². The smallest absolute Gasteiger partial charge is 0.432 e. The molecule has 0 spiro atoms. The van der Waals surface area contributed by atoms with Gasteiger partial charge < -0.3 is 9.47 Å². The highest BCUT2D eigenvalue weighted by Gasteiger charge is 2.41. The van der Waals surface area contributed by atoms with Crippen LogP contribution in [0.3, 0.4) is 0 Å². The lowest BCUT2D eigenvalue weighted by molar-refractivity contribution is -0.189. The molecule has 0 heterocycles. The summed E-state index contributed by atoms with van der Waals surface area (Å²) in [7, 11) is 0. The Balaban J connectivity index is 1.50. The first-order valence-corrected chi connectivity index (χ1v) is 13.4. The minimum atomic E-state index is -4.78. The SMILES string of the molecule is CCCc1ccc(CCc2ccc(-c3cc(F)c(C(F)(F)Oc4cc(F)c(OC=CC(F)F)c(F)c4)c(F)c3)c(F)c2)cc1.